The van der Waals surface area contributed by atoms with Gasteiger partial charge in [0, 0.05) is 24.3 Å². The number of ether oxygens (including phenoxy) is 3. The van der Waals surface area contributed by atoms with Crippen LogP contribution in [0.15, 0.2) is 36.0 Å². The Morgan fingerprint density at radius 1 is 0.821 bits per heavy atom. The molecular formula is C44H76NO10P. The minimum absolute atomic E-state index is 0.0203. The highest BCUT2D eigenvalue weighted by atomic mass is 31.2. The highest BCUT2D eigenvalue weighted by molar-refractivity contribution is 7.45. The van der Waals surface area contributed by atoms with Gasteiger partial charge in [-0.1, -0.05) is 122 Å². The van der Waals surface area contributed by atoms with Crippen molar-refractivity contribution in [3.05, 3.63) is 36.0 Å². The molecule has 0 spiro atoms. The lowest BCUT2D eigenvalue weighted by atomic mass is 9.96. The van der Waals surface area contributed by atoms with E-state index in [1.54, 1.807) is 6.08 Å². The first-order valence-corrected chi connectivity index (χ1v) is 23.3. The van der Waals surface area contributed by atoms with Crippen molar-refractivity contribution in [1.82, 2.24) is 0 Å². The van der Waals surface area contributed by atoms with E-state index in [4.69, 9.17) is 23.3 Å². The van der Waals surface area contributed by atoms with Gasteiger partial charge in [-0.3, -0.25) is 18.9 Å². The first-order valence-electron chi connectivity index (χ1n) is 21.8. The number of carbonyl (C=O) groups is 3. The Balaban J connectivity index is 1.74. The van der Waals surface area contributed by atoms with Crippen LogP contribution in [0, 0.1) is 5.92 Å². The molecule has 12 heteroatoms. The Bertz CT molecular complexity index is 1260. The van der Waals surface area contributed by atoms with E-state index in [9.17, 15) is 23.8 Å². The predicted octanol–water partition coefficient (Wildman–Crippen LogP) is 9.28. The fourth-order valence-electron chi connectivity index (χ4n) is 6.57. The molecule has 1 fully saturated rings. The number of quaternary nitrogens is 1. The minimum Gasteiger partial charge on any atom is -0.756 e. The van der Waals surface area contributed by atoms with Crippen molar-refractivity contribution >= 4 is 25.5 Å². The average Bonchev–Trinajstić information content (AvgIpc) is 3.80. The summed E-state index contributed by atoms with van der Waals surface area (Å²) in [5.41, 5.74) is 0.763. The molecule has 0 N–H and O–H groups in total. The number of nitrogens with zero attached hydrogens (tertiary/aromatic N) is 1. The van der Waals surface area contributed by atoms with Crippen molar-refractivity contribution in [2.45, 2.75) is 173 Å². The lowest BCUT2D eigenvalue weighted by Crippen LogP contribution is -2.37. The van der Waals surface area contributed by atoms with Crippen molar-refractivity contribution in [3.63, 3.8) is 0 Å². The number of carbonyl (C=O) groups excluding carboxylic acids is 3. The molecule has 5 unspecified atom stereocenters. The molecule has 11 nitrogen and oxygen atoms in total. The van der Waals surface area contributed by atoms with Crippen LogP contribution in [0.5, 0.6) is 0 Å². The summed E-state index contributed by atoms with van der Waals surface area (Å²) in [6, 6.07) is 0. The Hall–Kier alpha value is -2.14. The van der Waals surface area contributed by atoms with Crippen molar-refractivity contribution in [2.24, 2.45) is 5.92 Å². The highest BCUT2D eigenvalue weighted by Gasteiger charge is 2.38. The Labute approximate surface area is 339 Å². The first-order chi connectivity index (χ1) is 26.8. The molecule has 0 amide bonds. The maximum Gasteiger partial charge on any atom is 0.306 e. The molecule has 0 bridgehead atoms. The van der Waals surface area contributed by atoms with E-state index in [1.165, 1.54) is 77.0 Å². The van der Waals surface area contributed by atoms with E-state index in [1.807, 2.05) is 33.3 Å². The zero-order chi connectivity index (χ0) is 41.1. The second-order valence-corrected chi connectivity index (χ2v) is 18.0. The summed E-state index contributed by atoms with van der Waals surface area (Å²) in [7, 11) is 1.05. The van der Waals surface area contributed by atoms with Crippen molar-refractivity contribution in [2.75, 3.05) is 47.5 Å². The monoisotopic (exact) mass is 810 g/mol. The fourth-order valence-corrected chi connectivity index (χ4v) is 7.30. The second kappa shape index (κ2) is 29.1. The number of likely N-dealkylation sites (N-methyl/N-ethyl adjacent to an activating group) is 1. The Morgan fingerprint density at radius 3 is 2.07 bits per heavy atom. The number of allylic oxidation sites excluding steroid dienone is 5. The molecule has 2 aliphatic rings. The van der Waals surface area contributed by atoms with Crippen LogP contribution in [0.3, 0.4) is 0 Å². The molecule has 0 aromatic rings. The van der Waals surface area contributed by atoms with Gasteiger partial charge >= 0.3 is 11.9 Å². The first kappa shape index (κ1) is 50.0. The average molecular weight is 810 g/mol. The molecule has 0 saturated carbocycles. The largest absolute Gasteiger partial charge is 0.756 e. The molecule has 56 heavy (non-hydrogen) atoms. The third-order valence-corrected chi connectivity index (χ3v) is 11.1. The lowest BCUT2D eigenvalue weighted by Gasteiger charge is -2.28. The summed E-state index contributed by atoms with van der Waals surface area (Å²) < 4.78 is 39.7. The van der Waals surface area contributed by atoms with E-state index in [0.717, 1.165) is 37.7 Å². The quantitative estimate of drug-likeness (QED) is 0.0116. The number of rotatable bonds is 35. The molecule has 2 rings (SSSR count). The molecule has 322 valence electrons. The highest BCUT2D eigenvalue weighted by Crippen LogP contribution is 2.38. The summed E-state index contributed by atoms with van der Waals surface area (Å²) in [6.45, 7) is 3.96. The van der Waals surface area contributed by atoms with Crippen LogP contribution in [-0.2, 0) is 42.2 Å². The van der Waals surface area contributed by atoms with Crippen molar-refractivity contribution < 1.29 is 51.6 Å². The number of ketones is 1. The molecule has 5 atom stereocenters. The molecule has 1 aliphatic carbocycles. The standard InChI is InChI=1S/C44H76NO10P/c1-6-8-10-12-14-15-16-17-18-19-20-22-24-28-43(47)51-35-38(36-53-56(49,50)52-33-32-45(3,4)5)54-44(48)29-25-27-41-42(55-41)34-39-37(30-31-40(39)46)26-23-21-13-11-9-7-2/h21,23,30-31,34,37-38,41-42H,6-20,22,24-29,32-33,35-36H2,1-5H3/b23-21-,39-34+. The van der Waals surface area contributed by atoms with Crippen LogP contribution in [0.4, 0.5) is 0 Å². The molecule has 1 aliphatic heterocycles. The lowest BCUT2D eigenvalue weighted by molar-refractivity contribution is -0.870. The van der Waals surface area contributed by atoms with Crippen LogP contribution in [0.2, 0.25) is 0 Å². The third kappa shape index (κ3) is 25.3. The number of phosphoric ester groups is 1. The van der Waals surface area contributed by atoms with E-state index >= 15 is 0 Å². The zero-order valence-electron chi connectivity index (χ0n) is 35.6. The number of hydrogen-bond acceptors (Lipinski definition) is 10. The SMILES string of the molecule is CCCCC/C=C\CC1C=CC(=O)/C1=C/C1OC1CCCC(=O)OC(COC(=O)CCCCCCCCCCCCCCC)COP(=O)([O-])OCC[N+](C)(C)C. The molecule has 1 heterocycles. The molecule has 0 aromatic carbocycles. The summed E-state index contributed by atoms with van der Waals surface area (Å²) in [6.07, 6.45) is 30.9. The maximum absolute atomic E-state index is 12.8. The van der Waals surface area contributed by atoms with Gasteiger partial charge in [0.1, 0.15) is 25.9 Å². The van der Waals surface area contributed by atoms with Gasteiger partial charge in [0.2, 0.25) is 0 Å². The number of unbranched alkanes of at least 4 members (excludes halogenated alkanes) is 15. The van der Waals surface area contributed by atoms with Gasteiger partial charge in [-0.25, -0.2) is 0 Å². The normalized spacial score (nSPS) is 20.5. The number of phosphoric acid groups is 1. The molecule has 0 aromatic heterocycles. The van der Waals surface area contributed by atoms with Gasteiger partial charge in [0.05, 0.1) is 33.9 Å². The van der Waals surface area contributed by atoms with E-state index in [0.29, 0.717) is 30.3 Å². The minimum atomic E-state index is -4.68. The third-order valence-electron chi connectivity index (χ3n) is 10.2. The summed E-state index contributed by atoms with van der Waals surface area (Å²) in [5.74, 6) is -0.910. The topological polar surface area (TPSA) is 141 Å². The molecule has 0 radical (unpaired) electrons. The second-order valence-electron chi connectivity index (χ2n) is 16.6. The molecule has 1 saturated heterocycles. The van der Waals surface area contributed by atoms with Crippen LogP contribution in [-0.4, -0.2) is 88.0 Å². The van der Waals surface area contributed by atoms with Crippen LogP contribution >= 0.6 is 7.82 Å². The Kier molecular flexibility index (Phi) is 26.0. The van der Waals surface area contributed by atoms with E-state index < -0.39 is 32.5 Å². The summed E-state index contributed by atoms with van der Waals surface area (Å²) >= 11 is 0. The van der Waals surface area contributed by atoms with Gasteiger partial charge in [-0.05, 0) is 50.7 Å². The smallest absolute Gasteiger partial charge is 0.306 e. The number of hydrogen-bond donors (Lipinski definition) is 0. The predicted molar refractivity (Wildman–Crippen MR) is 220 cm³/mol. The van der Waals surface area contributed by atoms with Crippen molar-refractivity contribution in [1.29, 1.82) is 0 Å². The van der Waals surface area contributed by atoms with Gasteiger partial charge in [-0.2, -0.15) is 0 Å². The fraction of sp³-hybridized carbons (Fsp3) is 0.795. The number of esters is 2. The maximum atomic E-state index is 12.8. The summed E-state index contributed by atoms with van der Waals surface area (Å²) in [5, 5.41) is 0. The van der Waals surface area contributed by atoms with Gasteiger partial charge in [0.15, 0.2) is 11.9 Å². The Morgan fingerprint density at radius 2 is 1.43 bits per heavy atom. The van der Waals surface area contributed by atoms with Crippen LogP contribution in [0.1, 0.15) is 155 Å². The molecular weight excluding hydrogens is 733 g/mol. The zero-order valence-corrected chi connectivity index (χ0v) is 36.5. The summed E-state index contributed by atoms with van der Waals surface area (Å²) in [4.78, 5) is 50.3. The number of epoxide rings is 1. The van der Waals surface area contributed by atoms with E-state index in [2.05, 4.69) is 26.0 Å². The van der Waals surface area contributed by atoms with Crippen LogP contribution < -0.4 is 4.89 Å². The van der Waals surface area contributed by atoms with Gasteiger partial charge in [0.25, 0.3) is 7.82 Å². The van der Waals surface area contributed by atoms with Crippen molar-refractivity contribution in [3.8, 4) is 0 Å². The van der Waals surface area contributed by atoms with Crippen LogP contribution in [0.25, 0.3) is 0 Å². The van der Waals surface area contributed by atoms with Gasteiger partial charge < -0.3 is 32.6 Å². The van der Waals surface area contributed by atoms with E-state index in [-0.39, 0.29) is 50.0 Å². The van der Waals surface area contributed by atoms with Gasteiger partial charge in [-0.15, -0.1) is 0 Å².